The summed E-state index contributed by atoms with van der Waals surface area (Å²) in [5.74, 6) is 0. The minimum atomic E-state index is -5.71. The van der Waals surface area contributed by atoms with Crippen LogP contribution in [0.1, 0.15) is 0 Å². The van der Waals surface area contributed by atoms with Crippen LogP contribution < -0.4 is 10.7 Å². The Morgan fingerprint density at radius 3 is 2.23 bits per heavy atom. The zero-order valence-electron chi connectivity index (χ0n) is 11.0. The third-order valence-corrected chi connectivity index (χ3v) is 4.27. The van der Waals surface area contributed by atoms with Crippen LogP contribution in [0.15, 0.2) is 48.5 Å². The number of nitrogens with one attached hydrogen (secondary N) is 1. The number of para-hydroxylation sites is 1. The lowest BCUT2D eigenvalue weighted by atomic mass is 9.67. The molecule has 2 aromatic carbocycles. The number of anilines is 1. The summed E-state index contributed by atoms with van der Waals surface area (Å²) in [4.78, 5) is 0. The maximum absolute atomic E-state index is 12.5. The molecule has 1 aliphatic heterocycles. The van der Waals surface area contributed by atoms with Crippen LogP contribution in [-0.4, -0.2) is 21.0 Å². The van der Waals surface area contributed by atoms with E-state index in [1.807, 2.05) is 0 Å². The van der Waals surface area contributed by atoms with Crippen LogP contribution in [0, 0.1) is 0 Å². The second-order valence-corrected chi connectivity index (χ2v) is 6.22. The summed E-state index contributed by atoms with van der Waals surface area (Å²) in [7, 11) is -7.14. The molecule has 0 aromatic heterocycles. The minimum Gasteiger partial charge on any atom is -0.398 e. The van der Waals surface area contributed by atoms with Gasteiger partial charge in [-0.3, -0.25) is 4.10 Å². The van der Waals surface area contributed by atoms with Crippen molar-refractivity contribution in [1.29, 1.82) is 0 Å². The number of alkyl halides is 3. The highest BCUT2D eigenvalue weighted by atomic mass is 32.2. The fourth-order valence-electron chi connectivity index (χ4n) is 2.29. The Morgan fingerprint density at radius 2 is 1.55 bits per heavy atom. The van der Waals surface area contributed by atoms with Gasteiger partial charge < -0.3 is 5.23 Å². The zero-order valence-corrected chi connectivity index (χ0v) is 11.8. The van der Waals surface area contributed by atoms with Gasteiger partial charge in [-0.2, -0.15) is 21.6 Å². The number of halogens is 3. The van der Waals surface area contributed by atoms with Crippen molar-refractivity contribution in [2.24, 2.45) is 0 Å². The van der Waals surface area contributed by atoms with Gasteiger partial charge in [-0.25, -0.2) is 0 Å². The van der Waals surface area contributed by atoms with E-state index in [-0.39, 0.29) is 0 Å². The first-order valence-electron chi connectivity index (χ1n) is 6.24. The van der Waals surface area contributed by atoms with Crippen molar-refractivity contribution in [2.75, 3.05) is 5.23 Å². The van der Waals surface area contributed by atoms with Gasteiger partial charge in [0.1, 0.15) is 0 Å². The zero-order chi connectivity index (χ0) is 16.0. The van der Waals surface area contributed by atoms with Crippen LogP contribution >= 0.6 is 0 Å². The smallest absolute Gasteiger partial charge is 0.398 e. The van der Waals surface area contributed by atoms with E-state index in [0.29, 0.717) is 16.7 Å². The Hall–Kier alpha value is -2.00. The van der Waals surface area contributed by atoms with Crippen molar-refractivity contribution in [3.63, 3.8) is 0 Å². The molecule has 0 aliphatic carbocycles. The number of fused-ring (bicyclic) bond motifs is 3. The molecular formula is C13H9BF3NO3S. The summed E-state index contributed by atoms with van der Waals surface area (Å²) in [6, 6.07) is 13.4. The molecule has 4 nitrogen and oxygen atoms in total. The molecule has 0 bridgehead atoms. The monoisotopic (exact) mass is 327 g/mol. The topological polar surface area (TPSA) is 55.4 Å². The lowest BCUT2D eigenvalue weighted by Gasteiger charge is -2.26. The van der Waals surface area contributed by atoms with Gasteiger partial charge in [-0.1, -0.05) is 42.5 Å². The van der Waals surface area contributed by atoms with E-state index in [0.717, 1.165) is 5.56 Å². The van der Waals surface area contributed by atoms with Gasteiger partial charge in [0.15, 0.2) is 0 Å². The van der Waals surface area contributed by atoms with Crippen LogP contribution in [0.25, 0.3) is 11.1 Å². The quantitative estimate of drug-likeness (QED) is 0.680. The second-order valence-electron chi connectivity index (χ2n) is 4.65. The normalized spacial score (nSPS) is 14.0. The molecule has 2 aromatic rings. The average molecular weight is 327 g/mol. The number of benzene rings is 2. The molecule has 114 valence electrons. The van der Waals surface area contributed by atoms with Crippen molar-refractivity contribution in [3.8, 4) is 11.1 Å². The molecule has 9 heteroatoms. The molecule has 0 saturated carbocycles. The fourth-order valence-corrected chi connectivity index (χ4v) is 2.81. The molecule has 3 rings (SSSR count). The Morgan fingerprint density at radius 1 is 0.955 bits per heavy atom. The lowest BCUT2D eigenvalue weighted by molar-refractivity contribution is -0.0500. The Labute approximate surface area is 125 Å². The van der Waals surface area contributed by atoms with Crippen LogP contribution in [0.3, 0.4) is 0 Å². The van der Waals surface area contributed by atoms with Gasteiger partial charge in [0.05, 0.1) is 0 Å². The minimum absolute atomic E-state index is 0.328. The molecule has 0 unspecified atom stereocenters. The van der Waals surface area contributed by atoms with Crippen LogP contribution in [-0.2, 0) is 14.2 Å². The van der Waals surface area contributed by atoms with Gasteiger partial charge in [-0.15, -0.1) is 0 Å². The molecule has 1 heterocycles. The number of hydrogen-bond acceptors (Lipinski definition) is 4. The molecule has 0 radical (unpaired) electrons. The van der Waals surface area contributed by atoms with E-state index in [2.05, 4.69) is 9.33 Å². The third-order valence-electron chi connectivity index (χ3n) is 3.25. The van der Waals surface area contributed by atoms with Crippen LogP contribution in [0.2, 0.25) is 0 Å². The van der Waals surface area contributed by atoms with Gasteiger partial charge in [0, 0.05) is 11.3 Å². The largest absolute Gasteiger partial charge is 0.521 e. The number of hydrogen-bond donors (Lipinski definition) is 1. The Balaban J connectivity index is 2.06. The average Bonchev–Trinajstić information content (AvgIpc) is 2.46. The van der Waals surface area contributed by atoms with Gasteiger partial charge >= 0.3 is 22.7 Å². The second kappa shape index (κ2) is 5.03. The molecular weight excluding hydrogens is 318 g/mol. The van der Waals surface area contributed by atoms with Gasteiger partial charge in [-0.05, 0) is 17.1 Å². The summed E-state index contributed by atoms with van der Waals surface area (Å²) in [6.07, 6.45) is 0. The first-order chi connectivity index (χ1) is 10.3. The summed E-state index contributed by atoms with van der Waals surface area (Å²) < 4.78 is 64.4. The standard InChI is InChI=1S/C13H9BF3NO3S/c15-13(16,17)22(19,20)21-14-11-7-3-1-5-9(11)10-6-2-4-8-12(10)18-14/h1-8,18H. The van der Waals surface area contributed by atoms with E-state index >= 15 is 0 Å². The molecule has 1 N–H and O–H groups in total. The molecule has 22 heavy (non-hydrogen) atoms. The van der Waals surface area contributed by atoms with Gasteiger partial charge in [0.25, 0.3) is 0 Å². The molecule has 0 atom stereocenters. The molecule has 0 saturated heterocycles. The highest BCUT2D eigenvalue weighted by Gasteiger charge is 2.50. The predicted molar refractivity (Wildman–Crippen MR) is 76.9 cm³/mol. The van der Waals surface area contributed by atoms with Crippen molar-refractivity contribution in [1.82, 2.24) is 0 Å². The molecule has 0 fully saturated rings. The van der Waals surface area contributed by atoms with E-state index < -0.39 is 22.7 Å². The van der Waals surface area contributed by atoms with Crippen molar-refractivity contribution >= 4 is 28.3 Å². The van der Waals surface area contributed by atoms with Gasteiger partial charge in [0.2, 0.25) is 0 Å². The van der Waals surface area contributed by atoms with E-state index in [4.69, 9.17) is 0 Å². The summed E-state index contributed by atoms with van der Waals surface area (Å²) in [5, 5.41) is 2.68. The molecule has 1 aliphatic rings. The molecule has 0 amide bonds. The predicted octanol–water partition coefficient (Wildman–Crippen LogP) is 2.34. The van der Waals surface area contributed by atoms with Crippen molar-refractivity contribution in [2.45, 2.75) is 5.51 Å². The van der Waals surface area contributed by atoms with Crippen molar-refractivity contribution in [3.05, 3.63) is 48.5 Å². The first kappa shape index (κ1) is 14.9. The highest BCUT2D eigenvalue weighted by Crippen LogP contribution is 2.32. The highest BCUT2D eigenvalue weighted by molar-refractivity contribution is 7.88. The Bertz CT molecular complexity index is 823. The summed E-state index contributed by atoms with van der Waals surface area (Å²) in [5.41, 5.74) is -3.25. The first-order valence-corrected chi connectivity index (χ1v) is 7.65. The number of rotatable bonds is 2. The molecule has 0 spiro atoms. The van der Waals surface area contributed by atoms with Crippen LogP contribution in [0.4, 0.5) is 18.9 Å². The van der Waals surface area contributed by atoms with Crippen LogP contribution in [0.5, 0.6) is 0 Å². The summed E-state index contributed by atoms with van der Waals surface area (Å²) >= 11 is 0. The maximum Gasteiger partial charge on any atom is 0.521 e. The third kappa shape index (κ3) is 2.46. The summed E-state index contributed by atoms with van der Waals surface area (Å²) in [6.45, 7) is 0. The van der Waals surface area contributed by atoms with E-state index in [1.54, 1.807) is 42.5 Å². The van der Waals surface area contributed by atoms with E-state index in [9.17, 15) is 21.6 Å². The Kier molecular flexibility index (Phi) is 3.41. The van der Waals surface area contributed by atoms with Crippen molar-refractivity contribution < 1.29 is 25.7 Å². The maximum atomic E-state index is 12.5. The fraction of sp³-hybridized carbons (Fsp3) is 0.0769. The lowest BCUT2D eigenvalue weighted by Crippen LogP contribution is -2.48. The SMILES string of the molecule is O=S(=O)(OB1Nc2ccccc2-c2ccccc21)C(F)(F)F. The van der Waals surface area contributed by atoms with E-state index in [1.165, 1.54) is 6.07 Å².